The van der Waals surface area contributed by atoms with Crippen LogP contribution >= 0.6 is 11.3 Å². The molecule has 2 unspecified atom stereocenters. The molecule has 0 spiro atoms. The number of nitrogens with one attached hydrogen (secondary N) is 1. The first-order valence-corrected chi connectivity index (χ1v) is 7.45. The lowest BCUT2D eigenvalue weighted by atomic mass is 10.1. The second-order valence-corrected chi connectivity index (χ2v) is 6.04. The number of fused-ring (bicyclic) bond motifs is 1. The molecule has 2 aromatic heterocycles. The van der Waals surface area contributed by atoms with Gasteiger partial charge in [-0.1, -0.05) is 6.92 Å². The lowest BCUT2D eigenvalue weighted by molar-refractivity contribution is -0.211. The third-order valence-corrected chi connectivity index (χ3v) is 4.59. The number of amides is 1. The monoisotopic (exact) mass is 335 g/mol. The van der Waals surface area contributed by atoms with Gasteiger partial charge in [-0.2, -0.15) is 18.3 Å². The minimum absolute atomic E-state index is 0.0299. The zero-order valence-electron chi connectivity index (χ0n) is 12.2. The Bertz CT molecular complexity index is 658. The molecule has 2 aromatic rings. The molecular formula is C13H16F3N3O2S. The summed E-state index contributed by atoms with van der Waals surface area (Å²) in [7, 11) is 1.73. The quantitative estimate of drug-likeness (QED) is 0.901. The Kier molecular flexibility index (Phi) is 4.48. The van der Waals surface area contributed by atoms with Gasteiger partial charge in [0.05, 0.1) is 16.6 Å². The first kappa shape index (κ1) is 16.8. The van der Waals surface area contributed by atoms with E-state index < -0.39 is 24.2 Å². The van der Waals surface area contributed by atoms with Crippen LogP contribution in [-0.4, -0.2) is 39.1 Å². The second kappa shape index (κ2) is 5.88. The molecule has 0 radical (unpaired) electrons. The zero-order chi connectivity index (χ0) is 16.7. The van der Waals surface area contributed by atoms with E-state index in [0.29, 0.717) is 4.88 Å². The van der Waals surface area contributed by atoms with Gasteiger partial charge >= 0.3 is 6.18 Å². The van der Waals surface area contributed by atoms with Crippen molar-refractivity contribution >= 4 is 27.5 Å². The SMILES string of the molecule is CCC(NC(=O)c1cc2c(C)nn(C)c2s1)C(O)C(F)(F)F. The van der Waals surface area contributed by atoms with Gasteiger partial charge in [-0.15, -0.1) is 11.3 Å². The molecule has 5 nitrogen and oxygen atoms in total. The van der Waals surface area contributed by atoms with Crippen molar-refractivity contribution in [3.63, 3.8) is 0 Å². The number of hydrogen-bond donors (Lipinski definition) is 2. The van der Waals surface area contributed by atoms with E-state index in [4.69, 9.17) is 0 Å². The highest BCUT2D eigenvalue weighted by Crippen LogP contribution is 2.28. The molecule has 1 amide bonds. The van der Waals surface area contributed by atoms with E-state index in [-0.39, 0.29) is 6.42 Å². The van der Waals surface area contributed by atoms with E-state index in [0.717, 1.165) is 27.2 Å². The number of carbonyl (C=O) groups is 1. The van der Waals surface area contributed by atoms with Crippen LogP contribution in [0.5, 0.6) is 0 Å². The Hall–Kier alpha value is -1.61. The third-order valence-electron chi connectivity index (χ3n) is 3.39. The minimum Gasteiger partial charge on any atom is -0.382 e. The molecule has 0 fully saturated rings. The summed E-state index contributed by atoms with van der Waals surface area (Å²) in [6, 6.07) is 0.224. The zero-order valence-corrected chi connectivity index (χ0v) is 13.0. The summed E-state index contributed by atoms with van der Waals surface area (Å²) in [6.45, 7) is 3.26. The van der Waals surface area contributed by atoms with Crippen molar-refractivity contribution in [3.05, 3.63) is 16.6 Å². The van der Waals surface area contributed by atoms with Crippen molar-refractivity contribution in [2.45, 2.75) is 38.6 Å². The van der Waals surface area contributed by atoms with Gasteiger partial charge in [0.1, 0.15) is 4.83 Å². The van der Waals surface area contributed by atoms with Gasteiger partial charge in [-0.3, -0.25) is 9.48 Å². The van der Waals surface area contributed by atoms with Crippen molar-refractivity contribution in [1.82, 2.24) is 15.1 Å². The van der Waals surface area contributed by atoms with Gasteiger partial charge in [0, 0.05) is 12.4 Å². The van der Waals surface area contributed by atoms with E-state index in [1.54, 1.807) is 24.7 Å². The van der Waals surface area contributed by atoms with Crippen molar-refractivity contribution < 1.29 is 23.1 Å². The molecule has 0 saturated heterocycles. The van der Waals surface area contributed by atoms with E-state index in [2.05, 4.69) is 10.4 Å². The molecule has 2 N–H and O–H groups in total. The number of nitrogens with zero attached hydrogens (tertiary/aromatic N) is 2. The summed E-state index contributed by atoms with van der Waals surface area (Å²) < 4.78 is 39.3. The highest BCUT2D eigenvalue weighted by molar-refractivity contribution is 7.20. The Morgan fingerprint density at radius 3 is 2.68 bits per heavy atom. The maximum atomic E-state index is 12.6. The standard InChI is InChI=1S/C13H16F3N3O2S/c1-4-8(10(20)13(14,15)16)17-11(21)9-5-7-6(2)18-19(3)12(7)22-9/h5,8,10,20H,4H2,1-3H3,(H,17,21). The van der Waals surface area contributed by atoms with Gasteiger partial charge in [-0.25, -0.2) is 0 Å². The Morgan fingerprint density at radius 2 is 2.18 bits per heavy atom. The number of rotatable bonds is 4. The summed E-state index contributed by atoms with van der Waals surface area (Å²) >= 11 is 1.15. The fourth-order valence-electron chi connectivity index (χ4n) is 2.19. The van der Waals surface area contributed by atoms with Gasteiger partial charge < -0.3 is 10.4 Å². The van der Waals surface area contributed by atoms with Crippen LogP contribution in [0.1, 0.15) is 28.7 Å². The number of aliphatic hydroxyl groups excluding tert-OH is 1. The first-order chi connectivity index (χ1) is 10.1. The Morgan fingerprint density at radius 1 is 1.55 bits per heavy atom. The van der Waals surface area contributed by atoms with Crippen LogP contribution in [0.2, 0.25) is 0 Å². The van der Waals surface area contributed by atoms with E-state index in [9.17, 15) is 23.1 Å². The molecule has 2 heterocycles. The molecular weight excluding hydrogens is 319 g/mol. The lowest BCUT2D eigenvalue weighted by Crippen LogP contribution is -2.49. The maximum Gasteiger partial charge on any atom is 0.416 e. The fraction of sp³-hybridized carbons (Fsp3) is 0.538. The number of aromatic nitrogens is 2. The van der Waals surface area contributed by atoms with Gasteiger partial charge in [-0.05, 0) is 19.4 Å². The average molecular weight is 335 g/mol. The number of carbonyl (C=O) groups excluding carboxylic acids is 1. The molecule has 0 bridgehead atoms. The predicted molar refractivity (Wildman–Crippen MR) is 76.9 cm³/mol. The first-order valence-electron chi connectivity index (χ1n) is 6.64. The van der Waals surface area contributed by atoms with E-state index >= 15 is 0 Å². The summed E-state index contributed by atoms with van der Waals surface area (Å²) in [4.78, 5) is 13.2. The highest BCUT2D eigenvalue weighted by atomic mass is 32.1. The van der Waals surface area contributed by atoms with Crippen LogP contribution in [0.15, 0.2) is 6.07 Å². The van der Waals surface area contributed by atoms with E-state index in [1.165, 1.54) is 6.92 Å². The largest absolute Gasteiger partial charge is 0.416 e. The summed E-state index contributed by atoms with van der Waals surface area (Å²) in [5.41, 5.74) is 0.746. The van der Waals surface area contributed by atoms with Crippen LogP contribution in [-0.2, 0) is 7.05 Å². The molecule has 0 saturated carbocycles. The molecule has 9 heteroatoms. The fourth-order valence-corrected chi connectivity index (χ4v) is 3.22. The molecule has 2 atom stereocenters. The third kappa shape index (κ3) is 3.09. The predicted octanol–water partition coefficient (Wildman–Crippen LogP) is 2.37. The molecule has 0 aliphatic heterocycles. The maximum absolute atomic E-state index is 12.6. The Balaban J connectivity index is 2.21. The molecule has 0 aromatic carbocycles. The second-order valence-electron chi connectivity index (χ2n) is 5.01. The van der Waals surface area contributed by atoms with Gasteiger partial charge in [0.15, 0.2) is 6.10 Å². The van der Waals surface area contributed by atoms with Crippen LogP contribution in [0.4, 0.5) is 13.2 Å². The van der Waals surface area contributed by atoms with Crippen molar-refractivity contribution in [3.8, 4) is 0 Å². The molecule has 0 aliphatic carbocycles. The van der Waals surface area contributed by atoms with Crippen LogP contribution in [0.25, 0.3) is 10.2 Å². The molecule has 2 rings (SSSR count). The van der Waals surface area contributed by atoms with Gasteiger partial charge in [0.2, 0.25) is 0 Å². The normalized spacial score (nSPS) is 15.0. The van der Waals surface area contributed by atoms with Crippen LogP contribution in [0, 0.1) is 6.92 Å². The highest BCUT2D eigenvalue weighted by Gasteiger charge is 2.43. The smallest absolute Gasteiger partial charge is 0.382 e. The number of aryl methyl sites for hydroxylation is 2. The topological polar surface area (TPSA) is 67.2 Å². The van der Waals surface area contributed by atoms with Gasteiger partial charge in [0.25, 0.3) is 5.91 Å². The molecule has 22 heavy (non-hydrogen) atoms. The van der Waals surface area contributed by atoms with Crippen molar-refractivity contribution in [2.24, 2.45) is 7.05 Å². The van der Waals surface area contributed by atoms with Crippen LogP contribution in [0.3, 0.4) is 0 Å². The summed E-state index contributed by atoms with van der Waals surface area (Å²) in [5, 5.41) is 16.5. The molecule has 0 aliphatic rings. The van der Waals surface area contributed by atoms with E-state index in [1.807, 2.05) is 0 Å². The molecule has 122 valence electrons. The number of alkyl halides is 3. The minimum atomic E-state index is -4.77. The Labute approximate surface area is 128 Å². The average Bonchev–Trinajstić information content (AvgIpc) is 2.97. The number of thiophene rings is 1. The number of aliphatic hydroxyl groups is 1. The number of hydrogen-bond acceptors (Lipinski definition) is 4. The van der Waals surface area contributed by atoms with Crippen molar-refractivity contribution in [2.75, 3.05) is 0 Å². The number of halogens is 3. The van der Waals surface area contributed by atoms with Crippen molar-refractivity contribution in [1.29, 1.82) is 0 Å². The lowest BCUT2D eigenvalue weighted by Gasteiger charge is -2.24. The van der Waals surface area contributed by atoms with Crippen LogP contribution < -0.4 is 5.32 Å². The summed E-state index contributed by atoms with van der Waals surface area (Å²) in [6.07, 6.45) is -7.38. The summed E-state index contributed by atoms with van der Waals surface area (Å²) in [5.74, 6) is -0.629.